The lowest BCUT2D eigenvalue weighted by Crippen LogP contribution is -2.00. The van der Waals surface area contributed by atoms with Crippen LogP contribution in [0.4, 0.5) is 0 Å². The molecule has 0 aliphatic heterocycles. The fraction of sp³-hybridized carbons (Fsp3) is 0.500. The quantitative estimate of drug-likeness (QED) is 0.837. The molecule has 0 radical (unpaired) electrons. The zero-order valence-corrected chi connectivity index (χ0v) is 13.7. The average Bonchev–Trinajstić information content (AvgIpc) is 3.47. The summed E-state index contributed by atoms with van der Waals surface area (Å²) in [4.78, 5) is 8.33. The molecule has 2 aliphatic rings. The Morgan fingerprint density at radius 3 is 2.70 bits per heavy atom. The van der Waals surface area contributed by atoms with E-state index in [1.165, 1.54) is 26.4 Å². The van der Waals surface area contributed by atoms with Gasteiger partial charge in [0.15, 0.2) is 5.15 Å². The molecule has 120 valence electrons. The summed E-state index contributed by atoms with van der Waals surface area (Å²) in [5.74, 6) is 2.56. The van der Waals surface area contributed by atoms with E-state index in [-0.39, 0.29) is 6.01 Å². The summed E-state index contributed by atoms with van der Waals surface area (Å²) in [7, 11) is 3.07. The van der Waals surface area contributed by atoms with Gasteiger partial charge in [0.2, 0.25) is 5.88 Å². The number of nitrogens with zero attached hydrogens (tertiary/aromatic N) is 4. The maximum Gasteiger partial charge on any atom is 0.319 e. The highest BCUT2D eigenvalue weighted by Gasteiger charge is 2.49. The van der Waals surface area contributed by atoms with Crippen molar-refractivity contribution in [3.05, 3.63) is 23.0 Å². The molecule has 2 aliphatic carbocycles. The first kappa shape index (κ1) is 14.6. The Morgan fingerprint density at radius 2 is 2.00 bits per heavy atom. The Balaban J connectivity index is 1.69. The van der Waals surface area contributed by atoms with Crippen molar-refractivity contribution in [2.75, 3.05) is 14.2 Å². The van der Waals surface area contributed by atoms with Crippen LogP contribution < -0.4 is 9.47 Å². The van der Waals surface area contributed by atoms with E-state index in [1.54, 1.807) is 13.3 Å². The number of hydrogen-bond donors (Lipinski definition) is 0. The van der Waals surface area contributed by atoms with Crippen LogP contribution in [0.15, 0.2) is 12.3 Å². The third kappa shape index (κ3) is 2.72. The van der Waals surface area contributed by atoms with Crippen molar-refractivity contribution in [1.29, 1.82) is 0 Å². The Hall–Kier alpha value is -1.95. The number of halogens is 1. The van der Waals surface area contributed by atoms with E-state index >= 15 is 0 Å². The fourth-order valence-electron chi connectivity index (χ4n) is 3.18. The Labute approximate surface area is 139 Å². The molecule has 0 saturated heterocycles. The maximum absolute atomic E-state index is 6.27. The summed E-state index contributed by atoms with van der Waals surface area (Å²) in [5, 5.41) is 8.80. The minimum Gasteiger partial charge on any atom is -0.480 e. The second-order valence-electron chi connectivity index (χ2n) is 6.10. The van der Waals surface area contributed by atoms with Crippen LogP contribution in [0, 0.1) is 11.8 Å². The van der Waals surface area contributed by atoms with E-state index in [4.69, 9.17) is 21.1 Å². The standard InChI is InChI=1S/C16H17ClN4O2/c1-22-15-12(7-18-16(19-15)23-2)13-6-11(14(17)21-20-13)10-5-9(10)8-3-4-8/h6-10H,3-5H2,1-2H3. The van der Waals surface area contributed by atoms with Crippen molar-refractivity contribution in [2.45, 2.75) is 25.2 Å². The van der Waals surface area contributed by atoms with Gasteiger partial charge in [-0.3, -0.25) is 0 Å². The molecular weight excluding hydrogens is 316 g/mol. The zero-order chi connectivity index (χ0) is 16.0. The largest absolute Gasteiger partial charge is 0.480 e. The van der Waals surface area contributed by atoms with E-state index in [1.807, 2.05) is 6.07 Å². The van der Waals surface area contributed by atoms with Crippen molar-refractivity contribution in [2.24, 2.45) is 11.8 Å². The molecule has 0 bridgehead atoms. The molecule has 2 aromatic heterocycles. The zero-order valence-electron chi connectivity index (χ0n) is 13.0. The van der Waals surface area contributed by atoms with Gasteiger partial charge in [-0.05, 0) is 48.6 Å². The monoisotopic (exact) mass is 332 g/mol. The van der Waals surface area contributed by atoms with Gasteiger partial charge in [0, 0.05) is 6.20 Å². The molecule has 2 heterocycles. The van der Waals surface area contributed by atoms with Crippen LogP contribution in [0.3, 0.4) is 0 Å². The normalized spacial score (nSPS) is 22.7. The first-order chi connectivity index (χ1) is 11.2. The Kier molecular flexibility index (Phi) is 3.56. The topological polar surface area (TPSA) is 70.0 Å². The van der Waals surface area contributed by atoms with Crippen molar-refractivity contribution in [3.63, 3.8) is 0 Å². The van der Waals surface area contributed by atoms with Crippen molar-refractivity contribution in [3.8, 4) is 23.1 Å². The third-order valence-electron chi connectivity index (χ3n) is 4.63. The summed E-state index contributed by atoms with van der Waals surface area (Å²) in [6, 6.07) is 2.25. The molecule has 2 saturated carbocycles. The van der Waals surface area contributed by atoms with Gasteiger partial charge in [-0.1, -0.05) is 11.6 Å². The SMILES string of the molecule is COc1ncc(-c2cc(C3CC3C3CC3)c(Cl)nn2)c(OC)n1. The average molecular weight is 333 g/mol. The third-order valence-corrected chi connectivity index (χ3v) is 4.92. The molecule has 0 aromatic carbocycles. The molecule has 6 nitrogen and oxygen atoms in total. The molecular formula is C16H17ClN4O2. The van der Waals surface area contributed by atoms with E-state index in [0.29, 0.717) is 28.2 Å². The van der Waals surface area contributed by atoms with Crippen molar-refractivity contribution in [1.82, 2.24) is 20.2 Å². The highest BCUT2D eigenvalue weighted by atomic mass is 35.5. The number of methoxy groups -OCH3 is 2. The molecule has 7 heteroatoms. The second kappa shape index (κ2) is 5.60. The summed E-state index contributed by atoms with van der Waals surface area (Å²) in [6.07, 6.45) is 5.54. The molecule has 2 fully saturated rings. The molecule has 0 spiro atoms. The van der Waals surface area contributed by atoms with Crippen LogP contribution in [-0.2, 0) is 0 Å². The van der Waals surface area contributed by atoms with Gasteiger partial charge < -0.3 is 9.47 Å². The van der Waals surface area contributed by atoms with Gasteiger partial charge >= 0.3 is 6.01 Å². The predicted octanol–water partition coefficient (Wildman–Crippen LogP) is 3.12. The van der Waals surface area contributed by atoms with E-state index in [9.17, 15) is 0 Å². The lowest BCUT2D eigenvalue weighted by atomic mass is 10.1. The summed E-state index contributed by atoms with van der Waals surface area (Å²) in [5.41, 5.74) is 2.43. The Bertz CT molecular complexity index is 751. The van der Waals surface area contributed by atoms with E-state index in [2.05, 4.69) is 20.2 Å². The van der Waals surface area contributed by atoms with Crippen LogP contribution in [0.1, 0.15) is 30.7 Å². The molecule has 0 N–H and O–H groups in total. The highest BCUT2D eigenvalue weighted by molar-refractivity contribution is 6.30. The first-order valence-electron chi connectivity index (χ1n) is 7.69. The van der Waals surface area contributed by atoms with Crippen LogP contribution in [0.25, 0.3) is 11.3 Å². The lowest BCUT2D eigenvalue weighted by molar-refractivity contribution is 0.353. The van der Waals surface area contributed by atoms with Gasteiger partial charge in [-0.25, -0.2) is 4.98 Å². The van der Waals surface area contributed by atoms with Crippen LogP contribution in [-0.4, -0.2) is 34.4 Å². The second-order valence-corrected chi connectivity index (χ2v) is 6.46. The van der Waals surface area contributed by atoms with E-state index < -0.39 is 0 Å². The van der Waals surface area contributed by atoms with Crippen LogP contribution in [0.5, 0.6) is 11.9 Å². The molecule has 0 amide bonds. The molecule has 2 unspecified atom stereocenters. The highest BCUT2D eigenvalue weighted by Crippen LogP contribution is 2.60. The number of hydrogen-bond acceptors (Lipinski definition) is 6. The van der Waals surface area contributed by atoms with Gasteiger partial charge in [-0.15, -0.1) is 10.2 Å². The molecule has 2 atom stereocenters. The Morgan fingerprint density at radius 1 is 1.17 bits per heavy atom. The number of ether oxygens (including phenoxy) is 2. The fourth-order valence-corrected chi connectivity index (χ4v) is 3.41. The molecule has 4 rings (SSSR count). The van der Waals surface area contributed by atoms with Gasteiger partial charge in [0.25, 0.3) is 0 Å². The van der Waals surface area contributed by atoms with Gasteiger partial charge in [-0.2, -0.15) is 4.98 Å². The predicted molar refractivity (Wildman–Crippen MR) is 84.7 cm³/mol. The van der Waals surface area contributed by atoms with Crippen molar-refractivity contribution < 1.29 is 9.47 Å². The minimum atomic E-state index is 0.253. The minimum absolute atomic E-state index is 0.253. The summed E-state index contributed by atoms with van der Waals surface area (Å²) < 4.78 is 10.4. The maximum atomic E-state index is 6.27. The van der Waals surface area contributed by atoms with Gasteiger partial charge in [0.1, 0.15) is 5.69 Å². The first-order valence-corrected chi connectivity index (χ1v) is 8.07. The molecule has 23 heavy (non-hydrogen) atoms. The van der Waals surface area contributed by atoms with Crippen LogP contribution >= 0.6 is 11.6 Å². The van der Waals surface area contributed by atoms with Crippen LogP contribution in [0.2, 0.25) is 5.15 Å². The van der Waals surface area contributed by atoms with E-state index in [0.717, 1.165) is 17.4 Å². The van der Waals surface area contributed by atoms with Gasteiger partial charge in [0.05, 0.1) is 19.8 Å². The lowest BCUT2D eigenvalue weighted by Gasteiger charge is -2.09. The summed E-state index contributed by atoms with van der Waals surface area (Å²) >= 11 is 6.27. The smallest absolute Gasteiger partial charge is 0.319 e. The van der Waals surface area contributed by atoms with Crippen molar-refractivity contribution >= 4 is 11.6 Å². The molecule has 2 aromatic rings. The summed E-state index contributed by atoms with van der Waals surface area (Å²) in [6.45, 7) is 0. The number of rotatable bonds is 5. The number of aromatic nitrogens is 4.